The molecule has 0 aromatic rings. The topological polar surface area (TPSA) is 35.8 Å². The lowest BCUT2D eigenvalue weighted by Crippen LogP contribution is -2.24. The van der Waals surface area contributed by atoms with Gasteiger partial charge in [0.1, 0.15) is 6.17 Å². The summed E-state index contributed by atoms with van der Waals surface area (Å²) in [5.41, 5.74) is 0. The molecular formula is C5H8N2O. The van der Waals surface area contributed by atoms with E-state index in [4.69, 9.17) is 5.21 Å². The number of hydrogen-bond donors (Lipinski definition) is 1. The van der Waals surface area contributed by atoms with Gasteiger partial charge in [0.25, 0.3) is 0 Å². The van der Waals surface area contributed by atoms with Crippen LogP contribution in [-0.2, 0) is 0 Å². The third-order valence-corrected chi connectivity index (χ3v) is 1.01. The third-order valence-electron chi connectivity index (χ3n) is 1.01. The van der Waals surface area contributed by atoms with Crippen LogP contribution in [0, 0.1) is 0 Å². The Labute approximate surface area is 47.9 Å². The molecule has 0 bridgehead atoms. The molecule has 1 rings (SSSR count). The summed E-state index contributed by atoms with van der Waals surface area (Å²) < 4.78 is 0. The maximum atomic E-state index is 8.81. The summed E-state index contributed by atoms with van der Waals surface area (Å²) in [4.78, 5) is 3.88. The number of aliphatic imine (C=N–C) groups is 1. The van der Waals surface area contributed by atoms with Crippen LogP contribution in [-0.4, -0.2) is 22.7 Å². The lowest BCUT2D eigenvalue weighted by Gasteiger charge is -2.18. The molecule has 1 heterocycles. The fraction of sp³-hybridized carbons (Fsp3) is 0.400. The molecule has 3 nitrogen and oxygen atoms in total. The molecule has 1 aliphatic heterocycles. The molecule has 0 spiro atoms. The number of hydrogen-bond acceptors (Lipinski definition) is 3. The van der Waals surface area contributed by atoms with E-state index >= 15 is 0 Å². The van der Waals surface area contributed by atoms with Gasteiger partial charge in [0, 0.05) is 12.4 Å². The van der Waals surface area contributed by atoms with E-state index in [-0.39, 0.29) is 6.17 Å². The van der Waals surface area contributed by atoms with Crippen LogP contribution >= 0.6 is 0 Å². The molecule has 8 heavy (non-hydrogen) atoms. The minimum Gasteiger partial charge on any atom is -0.287 e. The highest BCUT2D eigenvalue weighted by Gasteiger charge is 2.03. The molecule has 0 aromatic heterocycles. The molecule has 0 aliphatic carbocycles. The average Bonchev–Trinajstić information content (AvgIpc) is 1.77. The highest BCUT2D eigenvalue weighted by Crippen LogP contribution is 1.99. The van der Waals surface area contributed by atoms with E-state index in [0.717, 1.165) is 5.06 Å². The molecule has 1 atom stereocenters. The Morgan fingerprint density at radius 2 is 2.50 bits per heavy atom. The van der Waals surface area contributed by atoms with Crippen LogP contribution in [0.4, 0.5) is 0 Å². The van der Waals surface area contributed by atoms with Crippen molar-refractivity contribution in [2.24, 2.45) is 4.99 Å². The normalized spacial score (nSPS) is 26.8. The van der Waals surface area contributed by atoms with Gasteiger partial charge in [0.2, 0.25) is 0 Å². The number of nitrogens with zero attached hydrogens (tertiary/aromatic N) is 2. The maximum Gasteiger partial charge on any atom is 0.142 e. The van der Waals surface area contributed by atoms with Gasteiger partial charge in [-0.15, -0.1) is 0 Å². The second-order valence-corrected chi connectivity index (χ2v) is 1.65. The predicted octanol–water partition coefficient (Wildman–Crippen LogP) is 0.622. The first kappa shape index (κ1) is 5.31. The van der Waals surface area contributed by atoms with E-state index < -0.39 is 0 Å². The number of hydroxylamine groups is 2. The lowest BCUT2D eigenvalue weighted by molar-refractivity contribution is -0.0715. The van der Waals surface area contributed by atoms with Crippen LogP contribution in [0.5, 0.6) is 0 Å². The van der Waals surface area contributed by atoms with Crippen LogP contribution in [0.2, 0.25) is 0 Å². The monoisotopic (exact) mass is 112 g/mol. The first-order valence-electron chi connectivity index (χ1n) is 2.48. The van der Waals surface area contributed by atoms with Crippen LogP contribution in [0.3, 0.4) is 0 Å². The Balaban J connectivity index is 2.59. The van der Waals surface area contributed by atoms with Gasteiger partial charge in [-0.25, -0.2) is 5.06 Å². The molecule has 44 valence electrons. The van der Waals surface area contributed by atoms with Gasteiger partial charge >= 0.3 is 0 Å². The van der Waals surface area contributed by atoms with Gasteiger partial charge in [-0.1, -0.05) is 0 Å². The van der Waals surface area contributed by atoms with E-state index in [2.05, 4.69) is 4.99 Å². The highest BCUT2D eigenvalue weighted by atomic mass is 16.5. The van der Waals surface area contributed by atoms with Crippen LogP contribution < -0.4 is 0 Å². The molecule has 0 saturated heterocycles. The third kappa shape index (κ3) is 0.869. The molecule has 0 radical (unpaired) electrons. The largest absolute Gasteiger partial charge is 0.287 e. The number of rotatable bonds is 0. The van der Waals surface area contributed by atoms with E-state index in [1.54, 1.807) is 25.4 Å². The SMILES string of the molecule is CC1N=CC=CN1O. The van der Waals surface area contributed by atoms with Gasteiger partial charge in [-0.2, -0.15) is 0 Å². The Hall–Kier alpha value is -0.830. The van der Waals surface area contributed by atoms with Gasteiger partial charge in [0.05, 0.1) is 0 Å². The zero-order valence-corrected chi connectivity index (χ0v) is 4.65. The second kappa shape index (κ2) is 1.96. The van der Waals surface area contributed by atoms with E-state index in [1.807, 2.05) is 0 Å². The first-order chi connectivity index (χ1) is 3.80. The minimum absolute atomic E-state index is 0.125. The predicted molar refractivity (Wildman–Crippen MR) is 30.7 cm³/mol. The highest BCUT2D eigenvalue weighted by molar-refractivity contribution is 5.71. The first-order valence-corrected chi connectivity index (χ1v) is 2.48. The van der Waals surface area contributed by atoms with Crippen LogP contribution in [0.1, 0.15) is 6.92 Å². The Morgan fingerprint density at radius 1 is 1.75 bits per heavy atom. The minimum atomic E-state index is -0.125. The summed E-state index contributed by atoms with van der Waals surface area (Å²) in [6.45, 7) is 1.81. The summed E-state index contributed by atoms with van der Waals surface area (Å²) in [7, 11) is 0. The molecule has 1 aliphatic rings. The molecule has 0 fully saturated rings. The molecule has 1 unspecified atom stereocenters. The molecular weight excluding hydrogens is 104 g/mol. The van der Waals surface area contributed by atoms with Crippen molar-refractivity contribution in [3.8, 4) is 0 Å². The van der Waals surface area contributed by atoms with Crippen molar-refractivity contribution in [3.05, 3.63) is 12.3 Å². The smallest absolute Gasteiger partial charge is 0.142 e. The molecule has 1 N–H and O–H groups in total. The van der Waals surface area contributed by atoms with E-state index in [9.17, 15) is 0 Å². The van der Waals surface area contributed by atoms with Crippen LogP contribution in [0.15, 0.2) is 17.3 Å². The van der Waals surface area contributed by atoms with Crippen molar-refractivity contribution in [1.29, 1.82) is 0 Å². The second-order valence-electron chi connectivity index (χ2n) is 1.65. The number of allylic oxidation sites excluding steroid dienone is 1. The van der Waals surface area contributed by atoms with Crippen molar-refractivity contribution < 1.29 is 5.21 Å². The summed E-state index contributed by atoms with van der Waals surface area (Å²) in [5, 5.41) is 9.87. The van der Waals surface area contributed by atoms with E-state index in [1.165, 1.54) is 0 Å². The Bertz CT molecular complexity index is 114. The zero-order chi connectivity index (χ0) is 5.98. The fourth-order valence-electron chi connectivity index (χ4n) is 0.494. The van der Waals surface area contributed by atoms with Crippen molar-refractivity contribution >= 4 is 6.21 Å². The van der Waals surface area contributed by atoms with Crippen molar-refractivity contribution in [2.75, 3.05) is 0 Å². The lowest BCUT2D eigenvalue weighted by atomic mass is 10.5. The van der Waals surface area contributed by atoms with E-state index in [0.29, 0.717) is 0 Å². The Morgan fingerprint density at radius 3 is 2.88 bits per heavy atom. The van der Waals surface area contributed by atoms with Gasteiger partial charge in [-0.05, 0) is 13.0 Å². The average molecular weight is 112 g/mol. The molecule has 0 aromatic carbocycles. The standard InChI is InChI=1S/C5H8N2O/c1-5-6-3-2-4-7(5)8/h2-5,8H,1H3. The fourth-order valence-corrected chi connectivity index (χ4v) is 0.494. The van der Waals surface area contributed by atoms with Crippen molar-refractivity contribution in [3.63, 3.8) is 0 Å². The molecule has 3 heteroatoms. The quantitative estimate of drug-likeness (QED) is 0.498. The molecule has 0 saturated carbocycles. The Kier molecular flexibility index (Phi) is 1.30. The van der Waals surface area contributed by atoms with Crippen molar-refractivity contribution in [2.45, 2.75) is 13.1 Å². The maximum absolute atomic E-state index is 8.81. The summed E-state index contributed by atoms with van der Waals surface area (Å²) >= 11 is 0. The summed E-state index contributed by atoms with van der Waals surface area (Å²) in [6.07, 6.45) is 4.79. The zero-order valence-electron chi connectivity index (χ0n) is 4.65. The van der Waals surface area contributed by atoms with Gasteiger partial charge in [0.15, 0.2) is 0 Å². The summed E-state index contributed by atoms with van der Waals surface area (Å²) in [5.74, 6) is 0. The van der Waals surface area contributed by atoms with Crippen LogP contribution in [0.25, 0.3) is 0 Å². The van der Waals surface area contributed by atoms with Gasteiger partial charge < -0.3 is 0 Å². The summed E-state index contributed by atoms with van der Waals surface area (Å²) in [6, 6.07) is 0. The van der Waals surface area contributed by atoms with Crippen molar-refractivity contribution in [1.82, 2.24) is 5.06 Å². The molecule has 0 amide bonds. The van der Waals surface area contributed by atoms with Gasteiger partial charge in [-0.3, -0.25) is 10.2 Å².